The van der Waals surface area contributed by atoms with Gasteiger partial charge in [0.2, 0.25) is 0 Å². The fourth-order valence-corrected chi connectivity index (χ4v) is 2.03. The third kappa shape index (κ3) is 3.48. The molecule has 0 aliphatic carbocycles. The van der Waals surface area contributed by atoms with E-state index in [9.17, 15) is 18.3 Å². The van der Waals surface area contributed by atoms with Crippen LogP contribution < -0.4 is 0 Å². The van der Waals surface area contributed by atoms with Crippen molar-refractivity contribution in [3.8, 4) is 0 Å². The quantitative estimate of drug-likeness (QED) is 0.882. The molecule has 0 saturated heterocycles. The van der Waals surface area contributed by atoms with Gasteiger partial charge in [-0.15, -0.1) is 0 Å². The third-order valence-electron chi connectivity index (χ3n) is 3.32. The summed E-state index contributed by atoms with van der Waals surface area (Å²) in [5.41, 5.74) is -1.99. The molecule has 19 heavy (non-hydrogen) atoms. The molecule has 0 aliphatic rings. The Morgan fingerprint density at radius 3 is 2.26 bits per heavy atom. The number of aliphatic hydroxyl groups excluding tert-OH is 1. The van der Waals surface area contributed by atoms with Gasteiger partial charge in [0.05, 0.1) is 11.2 Å². The normalized spacial score (nSPS) is 17.0. The molecule has 2 atom stereocenters. The van der Waals surface area contributed by atoms with Crippen LogP contribution >= 0.6 is 0 Å². The number of hydrogen-bond donors (Lipinski definition) is 1. The van der Waals surface area contributed by atoms with Crippen molar-refractivity contribution in [2.45, 2.75) is 45.1 Å². The Morgan fingerprint density at radius 2 is 1.79 bits per heavy atom. The summed E-state index contributed by atoms with van der Waals surface area (Å²) in [6, 6.07) is 5.06. The first-order valence-corrected chi connectivity index (χ1v) is 6.24. The predicted molar refractivity (Wildman–Crippen MR) is 66.7 cm³/mol. The van der Waals surface area contributed by atoms with Crippen LogP contribution in [0, 0.1) is 0 Å². The van der Waals surface area contributed by atoms with Gasteiger partial charge in [0.1, 0.15) is 6.10 Å². The number of benzene rings is 1. The Kier molecular flexibility index (Phi) is 4.98. The lowest BCUT2D eigenvalue weighted by molar-refractivity contribution is -0.144. The highest BCUT2D eigenvalue weighted by Crippen LogP contribution is 2.39. The Bertz CT molecular complexity index is 417. The number of halogens is 3. The molecule has 0 bridgehead atoms. The van der Waals surface area contributed by atoms with E-state index in [0.717, 1.165) is 6.07 Å². The summed E-state index contributed by atoms with van der Waals surface area (Å²) in [6.07, 6.45) is -5.40. The van der Waals surface area contributed by atoms with Crippen molar-refractivity contribution in [3.05, 3.63) is 35.4 Å². The van der Waals surface area contributed by atoms with E-state index in [1.165, 1.54) is 18.2 Å². The molecule has 0 aliphatic heterocycles. The number of hydrogen-bond acceptors (Lipinski definition) is 2. The zero-order valence-electron chi connectivity index (χ0n) is 11.3. The van der Waals surface area contributed by atoms with Crippen LogP contribution in [0.2, 0.25) is 0 Å². The molecule has 1 rings (SSSR count). The Balaban J connectivity index is 3.22. The molecule has 0 aromatic heterocycles. The third-order valence-corrected chi connectivity index (χ3v) is 3.32. The minimum absolute atomic E-state index is 0.146. The van der Waals surface area contributed by atoms with Crippen LogP contribution in [0.4, 0.5) is 13.2 Å². The maximum absolute atomic E-state index is 12.9. The summed E-state index contributed by atoms with van der Waals surface area (Å²) in [6.45, 7) is 5.47. The molecule has 0 saturated carbocycles. The van der Waals surface area contributed by atoms with Gasteiger partial charge in [0, 0.05) is 6.61 Å². The van der Waals surface area contributed by atoms with E-state index >= 15 is 0 Å². The van der Waals surface area contributed by atoms with Crippen LogP contribution in [0.3, 0.4) is 0 Å². The van der Waals surface area contributed by atoms with Crippen molar-refractivity contribution in [3.63, 3.8) is 0 Å². The average molecular weight is 276 g/mol. The van der Waals surface area contributed by atoms with E-state index < -0.39 is 23.4 Å². The molecule has 0 fully saturated rings. The minimum atomic E-state index is -4.49. The molecule has 0 amide bonds. The van der Waals surface area contributed by atoms with E-state index in [0.29, 0.717) is 13.0 Å². The predicted octanol–water partition coefficient (Wildman–Crippen LogP) is 3.94. The zero-order chi connectivity index (χ0) is 14.7. The molecule has 2 unspecified atom stereocenters. The molecule has 1 N–H and O–H groups in total. The van der Waals surface area contributed by atoms with Crippen molar-refractivity contribution >= 4 is 0 Å². The molecular formula is C14H19F3O2. The fraction of sp³-hybridized carbons (Fsp3) is 0.571. The van der Waals surface area contributed by atoms with Gasteiger partial charge in [-0.05, 0) is 31.9 Å². The first-order valence-electron chi connectivity index (χ1n) is 6.24. The average Bonchev–Trinajstić information content (AvgIpc) is 2.37. The molecule has 1 aromatic carbocycles. The summed E-state index contributed by atoms with van der Waals surface area (Å²) in [7, 11) is 0. The highest BCUT2D eigenvalue weighted by molar-refractivity contribution is 5.33. The van der Waals surface area contributed by atoms with Gasteiger partial charge in [-0.25, -0.2) is 0 Å². The Morgan fingerprint density at radius 1 is 1.21 bits per heavy atom. The SMILES string of the molecule is CCOC(C)(CC)C(O)c1ccccc1C(F)(F)F. The van der Waals surface area contributed by atoms with Crippen LogP contribution in [-0.2, 0) is 10.9 Å². The van der Waals surface area contributed by atoms with E-state index in [2.05, 4.69) is 0 Å². The number of rotatable bonds is 5. The van der Waals surface area contributed by atoms with Gasteiger partial charge in [-0.2, -0.15) is 13.2 Å². The van der Waals surface area contributed by atoms with Gasteiger partial charge in [0.15, 0.2) is 0 Å². The molecule has 0 heterocycles. The van der Waals surface area contributed by atoms with Crippen molar-refractivity contribution in [1.29, 1.82) is 0 Å². The molecule has 1 aromatic rings. The maximum Gasteiger partial charge on any atom is 0.416 e. The van der Waals surface area contributed by atoms with Crippen LogP contribution in [0.5, 0.6) is 0 Å². The molecule has 0 radical (unpaired) electrons. The van der Waals surface area contributed by atoms with Crippen molar-refractivity contribution in [2.75, 3.05) is 6.61 Å². The zero-order valence-corrected chi connectivity index (χ0v) is 11.3. The summed E-state index contributed by atoms with van der Waals surface area (Å²) < 4.78 is 44.2. The fourth-order valence-electron chi connectivity index (χ4n) is 2.03. The second-order valence-corrected chi connectivity index (χ2v) is 4.59. The molecule has 5 heteroatoms. The van der Waals surface area contributed by atoms with Gasteiger partial charge >= 0.3 is 6.18 Å². The number of alkyl halides is 3. The second-order valence-electron chi connectivity index (χ2n) is 4.59. The van der Waals surface area contributed by atoms with Gasteiger partial charge in [-0.3, -0.25) is 0 Å². The first-order chi connectivity index (χ1) is 8.76. The second kappa shape index (κ2) is 5.92. The molecule has 2 nitrogen and oxygen atoms in total. The van der Waals surface area contributed by atoms with Crippen LogP contribution in [0.15, 0.2) is 24.3 Å². The van der Waals surface area contributed by atoms with Crippen molar-refractivity contribution < 1.29 is 23.0 Å². The Labute approximate surface area is 111 Å². The van der Waals surface area contributed by atoms with Crippen molar-refractivity contribution in [1.82, 2.24) is 0 Å². The first kappa shape index (κ1) is 16.0. The highest BCUT2D eigenvalue weighted by atomic mass is 19.4. The molecule has 108 valence electrons. The monoisotopic (exact) mass is 276 g/mol. The largest absolute Gasteiger partial charge is 0.416 e. The van der Waals surface area contributed by atoms with E-state index in [4.69, 9.17) is 4.74 Å². The topological polar surface area (TPSA) is 29.5 Å². The van der Waals surface area contributed by atoms with Crippen LogP contribution in [0.1, 0.15) is 44.4 Å². The van der Waals surface area contributed by atoms with E-state index in [-0.39, 0.29) is 5.56 Å². The van der Waals surface area contributed by atoms with Crippen LogP contribution in [-0.4, -0.2) is 17.3 Å². The van der Waals surface area contributed by atoms with Crippen molar-refractivity contribution in [2.24, 2.45) is 0 Å². The number of ether oxygens (including phenoxy) is 1. The minimum Gasteiger partial charge on any atom is -0.385 e. The number of aliphatic hydroxyl groups is 1. The van der Waals surface area contributed by atoms with Crippen LogP contribution in [0.25, 0.3) is 0 Å². The van der Waals surface area contributed by atoms with E-state index in [1.807, 2.05) is 0 Å². The standard InChI is InChI=1S/C14H19F3O2/c1-4-13(3,19-5-2)12(18)10-8-6-7-9-11(10)14(15,16)17/h6-9,12,18H,4-5H2,1-3H3. The lowest BCUT2D eigenvalue weighted by atomic mass is 9.87. The summed E-state index contributed by atoms with van der Waals surface area (Å²) in [5.74, 6) is 0. The lowest BCUT2D eigenvalue weighted by Gasteiger charge is -2.34. The summed E-state index contributed by atoms with van der Waals surface area (Å²) >= 11 is 0. The summed E-state index contributed by atoms with van der Waals surface area (Å²) in [5, 5.41) is 10.3. The van der Waals surface area contributed by atoms with E-state index in [1.54, 1.807) is 20.8 Å². The van der Waals surface area contributed by atoms with Gasteiger partial charge in [-0.1, -0.05) is 25.1 Å². The van der Waals surface area contributed by atoms with Gasteiger partial charge < -0.3 is 9.84 Å². The lowest BCUT2D eigenvalue weighted by Crippen LogP contribution is -2.36. The smallest absolute Gasteiger partial charge is 0.385 e. The molecular weight excluding hydrogens is 257 g/mol. The Hall–Kier alpha value is -1.07. The highest BCUT2D eigenvalue weighted by Gasteiger charge is 2.40. The maximum atomic E-state index is 12.9. The summed E-state index contributed by atoms with van der Waals surface area (Å²) in [4.78, 5) is 0. The molecule has 0 spiro atoms. The van der Waals surface area contributed by atoms with Gasteiger partial charge in [0.25, 0.3) is 0 Å².